The molecule has 88 valence electrons. The fraction of sp³-hybridized carbons (Fsp3) is 0.400. The molecule has 1 aromatic heterocycles. The lowest BCUT2D eigenvalue weighted by atomic mass is 9.92. The van der Waals surface area contributed by atoms with Gasteiger partial charge in [0.2, 0.25) is 0 Å². The monoisotopic (exact) mass is 226 g/mol. The number of fused-ring (bicyclic) bond motifs is 1. The minimum Gasteiger partial charge on any atom is -0.316 e. The molecule has 0 aliphatic carbocycles. The van der Waals surface area contributed by atoms with Crippen molar-refractivity contribution in [3.63, 3.8) is 0 Å². The Balaban J connectivity index is 1.80. The molecular weight excluding hydrogens is 208 g/mol. The molecule has 0 amide bonds. The number of benzene rings is 1. The molecule has 0 radical (unpaired) electrons. The third-order valence-corrected chi connectivity index (χ3v) is 3.57. The maximum absolute atomic E-state index is 4.53. The molecule has 1 aliphatic rings. The predicted molar refractivity (Wildman–Crippen MR) is 71.0 cm³/mol. The fourth-order valence-corrected chi connectivity index (χ4v) is 2.66. The number of nitrogens with zero attached hydrogens (tertiary/aromatic N) is 1. The second kappa shape index (κ2) is 4.84. The standard InChI is InChI=1S/C15H18N2/c1-2-6-15-14(5-1)9-13(11-17-15)8-12-4-3-7-16-10-12/h1-2,5-6,9,11-12,16H,3-4,7-8,10H2. The summed E-state index contributed by atoms with van der Waals surface area (Å²) in [5.41, 5.74) is 2.47. The van der Waals surface area contributed by atoms with Gasteiger partial charge in [-0.15, -0.1) is 0 Å². The first kappa shape index (κ1) is 10.7. The molecule has 1 atom stereocenters. The SMILES string of the molecule is c1ccc2ncc(CC3CCCNC3)cc2c1. The van der Waals surface area contributed by atoms with E-state index in [9.17, 15) is 0 Å². The molecule has 1 N–H and O–H groups in total. The Labute approximate surface area is 102 Å². The van der Waals surface area contributed by atoms with Crippen LogP contribution in [0.1, 0.15) is 18.4 Å². The molecule has 1 aromatic carbocycles. The number of rotatable bonds is 2. The van der Waals surface area contributed by atoms with Crippen LogP contribution in [0.15, 0.2) is 36.5 Å². The van der Waals surface area contributed by atoms with E-state index in [0.717, 1.165) is 24.4 Å². The second-order valence-electron chi connectivity index (χ2n) is 4.95. The van der Waals surface area contributed by atoms with Crippen molar-refractivity contribution in [3.05, 3.63) is 42.1 Å². The Hall–Kier alpha value is -1.41. The first-order valence-corrected chi connectivity index (χ1v) is 6.46. The van der Waals surface area contributed by atoms with E-state index in [1.165, 1.54) is 30.3 Å². The van der Waals surface area contributed by atoms with Crippen LogP contribution in [0.4, 0.5) is 0 Å². The maximum atomic E-state index is 4.53. The molecule has 2 heteroatoms. The van der Waals surface area contributed by atoms with Gasteiger partial charge in [0.05, 0.1) is 5.52 Å². The molecule has 2 nitrogen and oxygen atoms in total. The number of hydrogen-bond acceptors (Lipinski definition) is 2. The van der Waals surface area contributed by atoms with E-state index < -0.39 is 0 Å². The molecule has 3 rings (SSSR count). The third-order valence-electron chi connectivity index (χ3n) is 3.57. The molecule has 2 aromatic rings. The molecule has 0 saturated carbocycles. The summed E-state index contributed by atoms with van der Waals surface area (Å²) < 4.78 is 0. The van der Waals surface area contributed by atoms with Gasteiger partial charge in [-0.1, -0.05) is 18.2 Å². The highest BCUT2D eigenvalue weighted by molar-refractivity contribution is 5.78. The molecule has 1 aliphatic heterocycles. The second-order valence-corrected chi connectivity index (χ2v) is 4.95. The molecule has 0 spiro atoms. The van der Waals surface area contributed by atoms with Crippen LogP contribution in [-0.2, 0) is 6.42 Å². The van der Waals surface area contributed by atoms with Gasteiger partial charge in [0.1, 0.15) is 0 Å². The van der Waals surface area contributed by atoms with Crippen LogP contribution in [0.5, 0.6) is 0 Å². The van der Waals surface area contributed by atoms with Gasteiger partial charge in [0, 0.05) is 11.6 Å². The first-order chi connectivity index (χ1) is 8.42. The summed E-state index contributed by atoms with van der Waals surface area (Å²) in [4.78, 5) is 4.53. The lowest BCUT2D eigenvalue weighted by molar-refractivity contribution is 0.376. The maximum Gasteiger partial charge on any atom is 0.0702 e. The average molecular weight is 226 g/mol. The Morgan fingerprint density at radius 2 is 2.24 bits per heavy atom. The topological polar surface area (TPSA) is 24.9 Å². The zero-order valence-electron chi connectivity index (χ0n) is 10.0. The summed E-state index contributed by atoms with van der Waals surface area (Å²) in [5, 5.41) is 4.73. The van der Waals surface area contributed by atoms with E-state index in [0.29, 0.717) is 0 Å². The summed E-state index contributed by atoms with van der Waals surface area (Å²) in [7, 11) is 0. The van der Waals surface area contributed by atoms with Crippen molar-refractivity contribution >= 4 is 10.9 Å². The minimum absolute atomic E-state index is 0.784. The Bertz CT molecular complexity index is 501. The quantitative estimate of drug-likeness (QED) is 0.851. The van der Waals surface area contributed by atoms with E-state index in [1.807, 2.05) is 12.3 Å². The summed E-state index contributed by atoms with van der Waals surface area (Å²) in [6.07, 6.45) is 5.85. The summed E-state index contributed by atoms with van der Waals surface area (Å²) in [5.74, 6) is 0.784. The van der Waals surface area contributed by atoms with Crippen LogP contribution in [0.2, 0.25) is 0 Å². The number of nitrogens with one attached hydrogen (secondary N) is 1. The van der Waals surface area contributed by atoms with Crippen LogP contribution >= 0.6 is 0 Å². The molecule has 0 bridgehead atoms. The van der Waals surface area contributed by atoms with Crippen LogP contribution in [0, 0.1) is 5.92 Å². The highest BCUT2D eigenvalue weighted by atomic mass is 14.9. The Morgan fingerprint density at radius 1 is 1.29 bits per heavy atom. The summed E-state index contributed by atoms with van der Waals surface area (Å²) in [6.45, 7) is 2.35. The van der Waals surface area contributed by atoms with E-state index >= 15 is 0 Å². The van der Waals surface area contributed by atoms with Crippen molar-refractivity contribution in [2.24, 2.45) is 5.92 Å². The van der Waals surface area contributed by atoms with E-state index in [2.05, 4.69) is 34.6 Å². The molecule has 1 unspecified atom stereocenters. The predicted octanol–water partition coefficient (Wildman–Crippen LogP) is 2.78. The van der Waals surface area contributed by atoms with Gasteiger partial charge >= 0.3 is 0 Å². The molecule has 1 fully saturated rings. The number of para-hydroxylation sites is 1. The Kier molecular flexibility index (Phi) is 3.06. The van der Waals surface area contributed by atoms with Crippen molar-refractivity contribution in [2.45, 2.75) is 19.3 Å². The van der Waals surface area contributed by atoms with Gasteiger partial charge in [0.25, 0.3) is 0 Å². The smallest absolute Gasteiger partial charge is 0.0702 e. The van der Waals surface area contributed by atoms with Crippen molar-refractivity contribution < 1.29 is 0 Å². The first-order valence-electron chi connectivity index (χ1n) is 6.46. The lowest BCUT2D eigenvalue weighted by Crippen LogP contribution is -2.30. The molecular formula is C15H18N2. The van der Waals surface area contributed by atoms with E-state index in [-0.39, 0.29) is 0 Å². The zero-order chi connectivity index (χ0) is 11.5. The van der Waals surface area contributed by atoms with Gasteiger partial charge < -0.3 is 5.32 Å². The lowest BCUT2D eigenvalue weighted by Gasteiger charge is -2.22. The number of pyridine rings is 1. The zero-order valence-corrected chi connectivity index (χ0v) is 10.0. The van der Waals surface area contributed by atoms with Gasteiger partial charge in [-0.3, -0.25) is 4.98 Å². The summed E-state index contributed by atoms with van der Waals surface area (Å²) >= 11 is 0. The number of hydrogen-bond donors (Lipinski definition) is 1. The highest BCUT2D eigenvalue weighted by Gasteiger charge is 2.13. The van der Waals surface area contributed by atoms with E-state index in [4.69, 9.17) is 0 Å². The van der Waals surface area contributed by atoms with Crippen LogP contribution < -0.4 is 5.32 Å². The van der Waals surface area contributed by atoms with Crippen LogP contribution in [0.25, 0.3) is 10.9 Å². The van der Waals surface area contributed by atoms with Crippen molar-refractivity contribution in [1.82, 2.24) is 10.3 Å². The third kappa shape index (κ3) is 2.47. The van der Waals surface area contributed by atoms with Gasteiger partial charge in [-0.2, -0.15) is 0 Å². The van der Waals surface area contributed by atoms with Crippen molar-refractivity contribution in [1.29, 1.82) is 0 Å². The van der Waals surface area contributed by atoms with Crippen LogP contribution in [-0.4, -0.2) is 18.1 Å². The van der Waals surface area contributed by atoms with Crippen molar-refractivity contribution in [2.75, 3.05) is 13.1 Å². The van der Waals surface area contributed by atoms with Crippen LogP contribution in [0.3, 0.4) is 0 Å². The van der Waals surface area contributed by atoms with Crippen molar-refractivity contribution in [3.8, 4) is 0 Å². The normalized spacial score (nSPS) is 20.6. The molecule has 17 heavy (non-hydrogen) atoms. The number of piperidine rings is 1. The van der Waals surface area contributed by atoms with Gasteiger partial charge in [-0.05, 0) is 56.0 Å². The largest absolute Gasteiger partial charge is 0.316 e. The van der Waals surface area contributed by atoms with Gasteiger partial charge in [-0.25, -0.2) is 0 Å². The summed E-state index contributed by atoms with van der Waals surface area (Å²) in [6, 6.07) is 10.6. The highest BCUT2D eigenvalue weighted by Crippen LogP contribution is 2.19. The van der Waals surface area contributed by atoms with E-state index in [1.54, 1.807) is 0 Å². The number of aromatic nitrogens is 1. The molecule has 1 saturated heterocycles. The van der Waals surface area contributed by atoms with Gasteiger partial charge in [0.15, 0.2) is 0 Å². The fourth-order valence-electron chi connectivity index (χ4n) is 2.66. The minimum atomic E-state index is 0.784. The molecule has 2 heterocycles. The Morgan fingerprint density at radius 3 is 3.12 bits per heavy atom. The average Bonchev–Trinajstić information content (AvgIpc) is 2.40.